The molecule has 1 aromatic heterocycles. The number of aliphatic hydroxyl groups excluding tert-OH is 1. The van der Waals surface area contributed by atoms with Crippen LogP contribution in [0.2, 0.25) is 0 Å². The van der Waals surface area contributed by atoms with Crippen molar-refractivity contribution in [1.82, 2.24) is 4.98 Å². The normalized spacial score (nSPS) is 12.7. The molecule has 4 nitrogen and oxygen atoms in total. The summed E-state index contributed by atoms with van der Waals surface area (Å²) in [4.78, 5) is 3.97. The maximum Gasteiger partial charge on any atom is 0.180 e. The number of rotatable bonds is 4. The minimum atomic E-state index is -3.35. The van der Waals surface area contributed by atoms with Gasteiger partial charge in [0.2, 0.25) is 0 Å². The predicted molar refractivity (Wildman–Crippen MR) is 57.2 cm³/mol. The van der Waals surface area contributed by atoms with Crippen LogP contribution in [0.15, 0.2) is 29.4 Å². The second kappa shape index (κ2) is 4.28. The Hall–Kier alpha value is -0.940. The van der Waals surface area contributed by atoms with Gasteiger partial charge in [-0.05, 0) is 12.1 Å². The van der Waals surface area contributed by atoms with E-state index in [0.29, 0.717) is 0 Å². The van der Waals surface area contributed by atoms with E-state index in [4.69, 9.17) is 5.11 Å². The molecule has 1 rings (SSSR count). The molecule has 84 valence electrons. The third kappa shape index (κ3) is 3.28. The van der Waals surface area contributed by atoms with Crippen LogP contribution in [0.1, 0.15) is 13.8 Å². The summed E-state index contributed by atoms with van der Waals surface area (Å²) in [7, 11) is -3.35. The number of hydrogen-bond acceptors (Lipinski definition) is 4. The topological polar surface area (TPSA) is 67.3 Å². The summed E-state index contributed by atoms with van der Waals surface area (Å²) in [5.41, 5.74) is -0.630. The van der Waals surface area contributed by atoms with E-state index in [2.05, 4.69) is 4.98 Å². The summed E-state index contributed by atoms with van der Waals surface area (Å²) in [5.74, 6) is -0.0812. The molecular formula is C10H15NO3S. The first kappa shape index (κ1) is 12.1. The molecule has 0 aromatic carbocycles. The lowest BCUT2D eigenvalue weighted by atomic mass is 9.98. The second-order valence-corrected chi connectivity index (χ2v) is 6.26. The van der Waals surface area contributed by atoms with Gasteiger partial charge in [0.15, 0.2) is 9.84 Å². The molecule has 0 unspecified atom stereocenters. The highest BCUT2D eigenvalue weighted by atomic mass is 32.2. The average Bonchev–Trinajstić information content (AvgIpc) is 2.18. The molecule has 0 aliphatic rings. The van der Waals surface area contributed by atoms with E-state index in [1.165, 1.54) is 18.5 Å². The van der Waals surface area contributed by atoms with E-state index in [9.17, 15) is 8.42 Å². The van der Waals surface area contributed by atoms with Crippen molar-refractivity contribution in [3.63, 3.8) is 0 Å². The molecule has 0 saturated carbocycles. The Balaban J connectivity index is 2.96. The molecule has 15 heavy (non-hydrogen) atoms. The molecule has 1 aromatic rings. The molecule has 5 heteroatoms. The largest absolute Gasteiger partial charge is 0.396 e. The van der Waals surface area contributed by atoms with Gasteiger partial charge in [0.25, 0.3) is 0 Å². The summed E-state index contributed by atoms with van der Waals surface area (Å²) in [6.07, 6.45) is 2.85. The lowest BCUT2D eigenvalue weighted by Gasteiger charge is -2.20. The third-order valence-electron chi connectivity index (χ3n) is 2.00. The summed E-state index contributed by atoms with van der Waals surface area (Å²) in [5, 5.41) is 9.02. The zero-order chi connectivity index (χ0) is 11.5. The van der Waals surface area contributed by atoms with Crippen molar-refractivity contribution in [2.75, 3.05) is 12.4 Å². The van der Waals surface area contributed by atoms with E-state index >= 15 is 0 Å². The number of nitrogens with zero attached hydrogens (tertiary/aromatic N) is 1. The molecule has 0 fully saturated rings. The summed E-state index contributed by atoms with van der Waals surface area (Å²) >= 11 is 0. The van der Waals surface area contributed by atoms with E-state index in [1.807, 2.05) is 0 Å². The lowest BCUT2D eigenvalue weighted by Crippen LogP contribution is -2.27. The number of sulfone groups is 1. The highest BCUT2D eigenvalue weighted by Gasteiger charge is 2.26. The van der Waals surface area contributed by atoms with Crippen molar-refractivity contribution < 1.29 is 13.5 Å². The van der Waals surface area contributed by atoms with Gasteiger partial charge in [-0.1, -0.05) is 13.8 Å². The molecule has 0 aliphatic heterocycles. The Bertz CT molecular complexity index is 412. The van der Waals surface area contributed by atoms with Crippen LogP contribution in [0.3, 0.4) is 0 Å². The SMILES string of the molecule is CC(C)(CO)CS(=O)(=O)c1cccnc1. The van der Waals surface area contributed by atoms with Gasteiger partial charge in [0.05, 0.1) is 10.6 Å². The van der Waals surface area contributed by atoms with Crippen LogP contribution in [-0.2, 0) is 9.84 Å². The van der Waals surface area contributed by atoms with Crippen molar-refractivity contribution in [2.24, 2.45) is 5.41 Å². The first-order valence-electron chi connectivity index (χ1n) is 4.61. The molecule has 1 N–H and O–H groups in total. The van der Waals surface area contributed by atoms with E-state index in [-0.39, 0.29) is 17.3 Å². The highest BCUT2D eigenvalue weighted by Crippen LogP contribution is 2.21. The minimum Gasteiger partial charge on any atom is -0.396 e. The second-order valence-electron chi connectivity index (χ2n) is 4.27. The Morgan fingerprint density at radius 2 is 2.13 bits per heavy atom. The molecule has 1 heterocycles. The predicted octanol–water partition coefficient (Wildman–Crippen LogP) is 0.874. The quantitative estimate of drug-likeness (QED) is 0.832. The molecule has 0 radical (unpaired) electrons. The molecule has 0 atom stereocenters. The first-order chi connectivity index (χ1) is 6.87. The van der Waals surface area contributed by atoms with Gasteiger partial charge in [-0.25, -0.2) is 8.42 Å². The van der Waals surface area contributed by atoms with E-state index < -0.39 is 15.3 Å². The first-order valence-corrected chi connectivity index (χ1v) is 6.26. The summed E-state index contributed by atoms with van der Waals surface area (Å²) < 4.78 is 23.7. The van der Waals surface area contributed by atoms with Gasteiger partial charge in [-0.15, -0.1) is 0 Å². The Kier molecular flexibility index (Phi) is 3.46. The van der Waals surface area contributed by atoms with Gasteiger partial charge in [-0.3, -0.25) is 4.98 Å². The van der Waals surface area contributed by atoms with Crippen LogP contribution in [0.4, 0.5) is 0 Å². The van der Waals surface area contributed by atoms with Crippen molar-refractivity contribution in [3.05, 3.63) is 24.5 Å². The molecule has 0 amide bonds. The highest BCUT2D eigenvalue weighted by molar-refractivity contribution is 7.91. The fourth-order valence-electron chi connectivity index (χ4n) is 1.17. The van der Waals surface area contributed by atoms with Gasteiger partial charge < -0.3 is 5.11 Å². The van der Waals surface area contributed by atoms with Crippen molar-refractivity contribution in [1.29, 1.82) is 0 Å². The van der Waals surface area contributed by atoms with Gasteiger partial charge in [0.1, 0.15) is 0 Å². The molecule has 0 aliphatic carbocycles. The van der Waals surface area contributed by atoms with Crippen LogP contribution < -0.4 is 0 Å². The molecular weight excluding hydrogens is 214 g/mol. The fraction of sp³-hybridized carbons (Fsp3) is 0.500. The monoisotopic (exact) mass is 229 g/mol. The maximum absolute atomic E-state index is 11.9. The zero-order valence-electron chi connectivity index (χ0n) is 8.84. The van der Waals surface area contributed by atoms with Crippen molar-refractivity contribution in [3.8, 4) is 0 Å². The standard InChI is InChI=1S/C10H15NO3S/c1-10(2,7-12)8-15(13,14)9-4-3-5-11-6-9/h3-6,12H,7-8H2,1-2H3. The van der Waals surface area contributed by atoms with Crippen molar-refractivity contribution >= 4 is 9.84 Å². The molecule has 0 saturated heterocycles. The number of aromatic nitrogens is 1. The van der Waals surface area contributed by atoms with Crippen LogP contribution in [0.5, 0.6) is 0 Å². The maximum atomic E-state index is 11.9. The summed E-state index contributed by atoms with van der Waals surface area (Å²) in [6, 6.07) is 3.09. The van der Waals surface area contributed by atoms with E-state index in [1.54, 1.807) is 19.9 Å². The lowest BCUT2D eigenvalue weighted by molar-refractivity contribution is 0.179. The van der Waals surface area contributed by atoms with Crippen LogP contribution >= 0.6 is 0 Å². The molecule has 0 bridgehead atoms. The fourth-order valence-corrected chi connectivity index (χ4v) is 2.97. The van der Waals surface area contributed by atoms with E-state index in [0.717, 1.165) is 0 Å². The Morgan fingerprint density at radius 1 is 1.47 bits per heavy atom. The van der Waals surface area contributed by atoms with Gasteiger partial charge in [-0.2, -0.15) is 0 Å². The average molecular weight is 229 g/mol. The number of hydrogen-bond donors (Lipinski definition) is 1. The molecule has 0 spiro atoms. The van der Waals surface area contributed by atoms with Crippen molar-refractivity contribution in [2.45, 2.75) is 18.7 Å². The summed E-state index contributed by atoms with van der Waals surface area (Å²) in [6.45, 7) is 3.26. The zero-order valence-corrected chi connectivity index (χ0v) is 9.66. The third-order valence-corrected chi connectivity index (χ3v) is 4.12. The Labute approximate surface area is 89.9 Å². The van der Waals surface area contributed by atoms with Crippen LogP contribution in [-0.4, -0.2) is 30.9 Å². The minimum absolute atomic E-state index is 0.0812. The van der Waals surface area contributed by atoms with Crippen LogP contribution in [0, 0.1) is 5.41 Å². The smallest absolute Gasteiger partial charge is 0.180 e. The number of pyridine rings is 1. The van der Waals surface area contributed by atoms with Gasteiger partial charge in [0, 0.05) is 24.4 Å². The van der Waals surface area contributed by atoms with Crippen LogP contribution in [0.25, 0.3) is 0 Å². The van der Waals surface area contributed by atoms with Gasteiger partial charge >= 0.3 is 0 Å². The Morgan fingerprint density at radius 3 is 2.60 bits per heavy atom. The number of aliphatic hydroxyl groups is 1.